The predicted octanol–water partition coefficient (Wildman–Crippen LogP) is 2.51. The quantitative estimate of drug-likeness (QED) is 0.872. The van der Waals surface area contributed by atoms with Crippen LogP contribution in [-0.2, 0) is 16.0 Å². The number of aromatic amines is 1. The largest absolute Gasteiger partial charge is 0.379 e. The minimum atomic E-state index is -0.118. The number of halogens is 1. The Hall–Kier alpha value is -1.56. The van der Waals surface area contributed by atoms with E-state index in [0.29, 0.717) is 19.8 Å². The fourth-order valence-corrected chi connectivity index (χ4v) is 3.44. The fourth-order valence-electron chi connectivity index (χ4n) is 3.27. The minimum absolute atomic E-state index is 0.0763. The van der Waals surface area contributed by atoms with Gasteiger partial charge < -0.3 is 15.0 Å². The normalized spacial score (nSPS) is 17.1. The van der Waals surface area contributed by atoms with Gasteiger partial charge in [0.1, 0.15) is 0 Å². The first-order valence-corrected chi connectivity index (χ1v) is 8.80. The smallest absolute Gasteiger partial charge is 0.237 e. The van der Waals surface area contributed by atoms with Crippen molar-refractivity contribution in [2.75, 3.05) is 32.8 Å². The molecule has 1 fully saturated rings. The standard InChI is InChI=1S/C18H24ClN3O2/c1-12-15(16-11-14(19)3-4-17(16)21-12)5-6-20-18(23)13(2)22-7-9-24-10-8-22/h3-4,11,13,21H,5-10H2,1-2H3,(H,20,23)/t13-/m0/s1. The first kappa shape index (κ1) is 17.3. The van der Waals surface area contributed by atoms with E-state index in [9.17, 15) is 4.79 Å². The Morgan fingerprint density at radius 1 is 1.42 bits per heavy atom. The molecule has 2 aromatic rings. The lowest BCUT2D eigenvalue weighted by atomic mass is 10.1. The molecule has 0 unspecified atom stereocenters. The van der Waals surface area contributed by atoms with Crippen LogP contribution in [0, 0.1) is 6.92 Å². The maximum Gasteiger partial charge on any atom is 0.237 e. The number of morpholine rings is 1. The van der Waals surface area contributed by atoms with E-state index >= 15 is 0 Å². The number of hydrogen-bond donors (Lipinski definition) is 2. The zero-order valence-corrected chi connectivity index (χ0v) is 14.9. The topological polar surface area (TPSA) is 57.4 Å². The number of H-pyrrole nitrogens is 1. The lowest BCUT2D eigenvalue weighted by molar-refractivity contribution is -0.127. The van der Waals surface area contributed by atoms with Crippen molar-refractivity contribution in [3.05, 3.63) is 34.5 Å². The van der Waals surface area contributed by atoms with Crippen molar-refractivity contribution in [2.24, 2.45) is 0 Å². The molecule has 2 heterocycles. The van der Waals surface area contributed by atoms with E-state index in [4.69, 9.17) is 16.3 Å². The molecule has 1 aliphatic rings. The van der Waals surface area contributed by atoms with Crippen LogP contribution in [-0.4, -0.2) is 54.7 Å². The van der Waals surface area contributed by atoms with Crippen molar-refractivity contribution in [1.29, 1.82) is 0 Å². The molecule has 1 aromatic carbocycles. The molecule has 1 aromatic heterocycles. The van der Waals surface area contributed by atoms with Crippen molar-refractivity contribution in [3.8, 4) is 0 Å². The molecule has 1 saturated heterocycles. The molecule has 0 saturated carbocycles. The van der Waals surface area contributed by atoms with Crippen LogP contribution in [0.15, 0.2) is 18.2 Å². The third kappa shape index (κ3) is 3.74. The number of benzene rings is 1. The van der Waals surface area contributed by atoms with Gasteiger partial charge in [-0.1, -0.05) is 11.6 Å². The van der Waals surface area contributed by atoms with Crippen LogP contribution in [0.2, 0.25) is 5.02 Å². The van der Waals surface area contributed by atoms with Crippen LogP contribution < -0.4 is 5.32 Å². The summed E-state index contributed by atoms with van der Waals surface area (Å²) in [5.41, 5.74) is 3.43. The summed E-state index contributed by atoms with van der Waals surface area (Å²) in [4.78, 5) is 17.9. The first-order chi connectivity index (χ1) is 11.6. The average molecular weight is 350 g/mol. The molecule has 130 valence electrons. The number of carbonyl (C=O) groups excluding carboxylic acids is 1. The summed E-state index contributed by atoms with van der Waals surface area (Å²) >= 11 is 6.11. The summed E-state index contributed by atoms with van der Waals surface area (Å²) in [6.07, 6.45) is 0.785. The molecule has 0 spiro atoms. The summed E-state index contributed by atoms with van der Waals surface area (Å²) < 4.78 is 5.34. The van der Waals surface area contributed by atoms with Crippen molar-refractivity contribution < 1.29 is 9.53 Å². The number of ether oxygens (including phenoxy) is 1. The molecular formula is C18H24ClN3O2. The summed E-state index contributed by atoms with van der Waals surface area (Å²) in [5, 5.41) is 4.92. The van der Waals surface area contributed by atoms with Crippen LogP contribution in [0.25, 0.3) is 10.9 Å². The molecule has 2 N–H and O–H groups in total. The highest BCUT2D eigenvalue weighted by Crippen LogP contribution is 2.25. The number of hydrogen-bond acceptors (Lipinski definition) is 3. The number of nitrogens with one attached hydrogen (secondary N) is 2. The molecule has 0 bridgehead atoms. The first-order valence-electron chi connectivity index (χ1n) is 8.42. The second-order valence-electron chi connectivity index (χ2n) is 6.28. The van der Waals surface area contributed by atoms with Gasteiger partial charge in [0.05, 0.1) is 19.3 Å². The average Bonchev–Trinajstić information content (AvgIpc) is 2.90. The van der Waals surface area contributed by atoms with Gasteiger partial charge in [0.15, 0.2) is 0 Å². The number of fused-ring (bicyclic) bond motifs is 1. The minimum Gasteiger partial charge on any atom is -0.379 e. The number of aryl methyl sites for hydroxylation is 1. The van der Waals surface area contributed by atoms with Gasteiger partial charge >= 0.3 is 0 Å². The van der Waals surface area contributed by atoms with Crippen LogP contribution in [0.5, 0.6) is 0 Å². The summed E-state index contributed by atoms with van der Waals surface area (Å²) in [5.74, 6) is 0.0763. The highest BCUT2D eigenvalue weighted by molar-refractivity contribution is 6.31. The van der Waals surface area contributed by atoms with Gasteiger partial charge in [-0.2, -0.15) is 0 Å². The Labute approximate surface area is 147 Å². The lowest BCUT2D eigenvalue weighted by Gasteiger charge is -2.31. The SMILES string of the molecule is Cc1[nH]c2ccc(Cl)cc2c1CCNC(=O)[C@H](C)N1CCOCC1. The second kappa shape index (κ2) is 7.55. The maximum atomic E-state index is 12.4. The molecule has 1 aliphatic heterocycles. The van der Waals surface area contributed by atoms with E-state index in [-0.39, 0.29) is 11.9 Å². The second-order valence-corrected chi connectivity index (χ2v) is 6.72. The van der Waals surface area contributed by atoms with Crippen molar-refractivity contribution >= 4 is 28.4 Å². The highest BCUT2D eigenvalue weighted by Gasteiger charge is 2.22. The molecule has 6 heteroatoms. The third-order valence-corrected chi connectivity index (χ3v) is 4.96. The molecule has 24 heavy (non-hydrogen) atoms. The summed E-state index contributed by atoms with van der Waals surface area (Å²) in [7, 11) is 0. The Balaban J connectivity index is 1.59. The van der Waals surface area contributed by atoms with Gasteiger partial charge in [0, 0.05) is 41.3 Å². The molecule has 0 radical (unpaired) electrons. The van der Waals surface area contributed by atoms with Gasteiger partial charge in [0.25, 0.3) is 0 Å². The van der Waals surface area contributed by atoms with Gasteiger partial charge in [-0.15, -0.1) is 0 Å². The summed E-state index contributed by atoms with van der Waals surface area (Å²) in [6, 6.07) is 5.74. The van der Waals surface area contributed by atoms with Crippen LogP contribution >= 0.6 is 11.6 Å². The number of aromatic nitrogens is 1. The van der Waals surface area contributed by atoms with E-state index in [1.54, 1.807) is 0 Å². The van der Waals surface area contributed by atoms with E-state index in [1.165, 1.54) is 5.56 Å². The third-order valence-electron chi connectivity index (χ3n) is 4.73. The van der Waals surface area contributed by atoms with E-state index in [1.807, 2.05) is 25.1 Å². The monoisotopic (exact) mass is 349 g/mol. The number of amides is 1. The zero-order chi connectivity index (χ0) is 17.1. The molecule has 0 aliphatic carbocycles. The van der Waals surface area contributed by atoms with Crippen LogP contribution in [0.3, 0.4) is 0 Å². The predicted molar refractivity (Wildman–Crippen MR) is 96.6 cm³/mol. The Morgan fingerprint density at radius 2 is 2.17 bits per heavy atom. The van der Waals surface area contributed by atoms with Crippen molar-refractivity contribution in [1.82, 2.24) is 15.2 Å². The number of rotatable bonds is 5. The maximum absolute atomic E-state index is 12.4. The van der Waals surface area contributed by atoms with Crippen molar-refractivity contribution in [3.63, 3.8) is 0 Å². The number of carbonyl (C=O) groups is 1. The van der Waals surface area contributed by atoms with E-state index < -0.39 is 0 Å². The Bertz CT molecular complexity index is 722. The van der Waals surface area contributed by atoms with Crippen molar-refractivity contribution in [2.45, 2.75) is 26.3 Å². The Morgan fingerprint density at radius 3 is 2.92 bits per heavy atom. The van der Waals surface area contributed by atoms with Crippen LogP contribution in [0.4, 0.5) is 0 Å². The summed E-state index contributed by atoms with van der Waals surface area (Å²) in [6.45, 7) is 7.66. The van der Waals surface area contributed by atoms with Gasteiger partial charge in [-0.3, -0.25) is 9.69 Å². The molecule has 5 nitrogen and oxygen atoms in total. The highest BCUT2D eigenvalue weighted by atomic mass is 35.5. The molecular weight excluding hydrogens is 326 g/mol. The molecule has 1 amide bonds. The fraction of sp³-hybridized carbons (Fsp3) is 0.500. The van der Waals surface area contributed by atoms with Gasteiger partial charge in [-0.25, -0.2) is 0 Å². The zero-order valence-electron chi connectivity index (χ0n) is 14.2. The Kier molecular flexibility index (Phi) is 5.43. The molecule has 1 atom stereocenters. The van der Waals surface area contributed by atoms with Gasteiger partial charge in [0.2, 0.25) is 5.91 Å². The van der Waals surface area contributed by atoms with Crippen LogP contribution in [0.1, 0.15) is 18.2 Å². The van der Waals surface area contributed by atoms with Gasteiger partial charge in [-0.05, 0) is 44.0 Å². The van der Waals surface area contributed by atoms with E-state index in [2.05, 4.69) is 22.1 Å². The van der Waals surface area contributed by atoms with E-state index in [0.717, 1.165) is 41.1 Å². The number of nitrogens with zero attached hydrogens (tertiary/aromatic N) is 1. The lowest BCUT2D eigenvalue weighted by Crippen LogP contribution is -2.49. The molecule has 3 rings (SSSR count).